The number of aromatic carboxylic acids is 1. The monoisotopic (exact) mass is 834 g/mol. The summed E-state index contributed by atoms with van der Waals surface area (Å²) in [4.78, 5) is 97.4. The van der Waals surface area contributed by atoms with Crippen molar-refractivity contribution in [3.8, 4) is 0 Å². The highest BCUT2D eigenvalue weighted by molar-refractivity contribution is 5.94. The van der Waals surface area contributed by atoms with Gasteiger partial charge in [0, 0.05) is 90.0 Å². The summed E-state index contributed by atoms with van der Waals surface area (Å²) in [6.07, 6.45) is 1.33. The first-order valence-electron chi connectivity index (χ1n) is 19.8. The van der Waals surface area contributed by atoms with Crippen molar-refractivity contribution in [2.75, 3.05) is 51.7 Å². The van der Waals surface area contributed by atoms with E-state index >= 15 is 4.39 Å². The number of carbonyl (C=O) groups is 6. The summed E-state index contributed by atoms with van der Waals surface area (Å²) < 4.78 is 22.5. The molecule has 0 aliphatic carbocycles. The highest BCUT2D eigenvalue weighted by Crippen LogP contribution is 2.27. The van der Waals surface area contributed by atoms with Crippen molar-refractivity contribution in [1.29, 1.82) is 0 Å². The van der Waals surface area contributed by atoms with Crippen molar-refractivity contribution in [3.05, 3.63) is 75.3 Å². The van der Waals surface area contributed by atoms with Crippen LogP contribution in [0.2, 0.25) is 0 Å². The molecule has 1 aliphatic heterocycles. The Kier molecular flexibility index (Phi) is 16.3. The van der Waals surface area contributed by atoms with E-state index in [0.717, 1.165) is 6.07 Å². The number of halogens is 1. The van der Waals surface area contributed by atoms with Crippen molar-refractivity contribution in [2.45, 2.75) is 72.1 Å². The number of guanidine groups is 1. The number of nitrogens with one attached hydrogen (secondary N) is 1. The molecule has 60 heavy (non-hydrogen) atoms. The van der Waals surface area contributed by atoms with Crippen LogP contribution in [0.1, 0.15) is 67.9 Å². The van der Waals surface area contributed by atoms with Crippen LogP contribution < -0.4 is 27.1 Å². The van der Waals surface area contributed by atoms with E-state index in [-0.39, 0.29) is 105 Å². The molecule has 3 amide bonds. The average molecular weight is 835 g/mol. The fraction of sp³-hybridized carbons (Fsp3) is 0.476. The average Bonchev–Trinajstić information content (AvgIpc) is 3.20. The molecule has 0 unspecified atom stereocenters. The first-order chi connectivity index (χ1) is 28.4. The van der Waals surface area contributed by atoms with Crippen LogP contribution in [-0.2, 0) is 43.5 Å². The predicted octanol–water partition coefficient (Wildman–Crippen LogP) is 2.68. The van der Waals surface area contributed by atoms with Gasteiger partial charge in [-0.05, 0) is 42.5 Å². The maximum atomic E-state index is 15.3. The van der Waals surface area contributed by atoms with Gasteiger partial charge < -0.3 is 45.9 Å². The molecule has 2 atom stereocenters. The molecule has 2 heterocycles. The number of rotatable bonds is 19. The molecular formula is C42H55FN8O9. The number of hydrogen-bond donors (Lipinski definition) is 4. The van der Waals surface area contributed by atoms with Gasteiger partial charge in [-0.2, -0.15) is 0 Å². The van der Waals surface area contributed by atoms with Gasteiger partial charge >= 0.3 is 12.1 Å². The molecule has 324 valence electrons. The second-order valence-corrected chi connectivity index (χ2v) is 15.3. The van der Waals surface area contributed by atoms with Gasteiger partial charge in [0.05, 0.1) is 17.7 Å². The second kappa shape index (κ2) is 21.1. The molecule has 1 aromatic heterocycles. The number of carboxylic acids is 1. The molecule has 1 saturated heterocycles. The number of hydrogen-bond acceptors (Lipinski definition) is 10. The first kappa shape index (κ1) is 46.4. The number of anilines is 1. The summed E-state index contributed by atoms with van der Waals surface area (Å²) in [6.45, 7) is 6.55. The van der Waals surface area contributed by atoms with Gasteiger partial charge in [0.15, 0.2) is 11.7 Å². The molecule has 0 spiro atoms. The van der Waals surface area contributed by atoms with Gasteiger partial charge in [-0.3, -0.25) is 29.0 Å². The standard InChI is InChI=1S/C42H55FN8O9/c1-6-49-23-31(40(57)58)38(55)30-20-32(43)35(21-34(30)49)50-14-16-51(17-15-50)42(59)60-24-27-12-10-26(11-13-27)18-36(53)33(22-46-41(44)45)47-39(56)29(25(2)3)19-28(52)8-7-9-37(54)48(4)5/h10-13,20-21,23,25,29,33H,6-9,14-19,22,24H2,1-5H3,(H,47,56)(H,57,58)(H4,44,45,46)/t29-,33-/m0/s1. The van der Waals surface area contributed by atoms with E-state index in [1.807, 2.05) is 13.8 Å². The van der Waals surface area contributed by atoms with Crippen LogP contribution in [0, 0.1) is 17.7 Å². The number of ketones is 2. The first-order valence-corrected chi connectivity index (χ1v) is 19.8. The van der Waals surface area contributed by atoms with E-state index in [9.17, 15) is 38.7 Å². The number of carbonyl (C=O) groups excluding carboxylic acids is 5. The number of carboxylic acid groups (broad SMARTS) is 1. The van der Waals surface area contributed by atoms with Crippen molar-refractivity contribution in [2.24, 2.45) is 28.3 Å². The molecule has 18 heteroatoms. The smallest absolute Gasteiger partial charge is 0.410 e. The summed E-state index contributed by atoms with van der Waals surface area (Å²) in [5.74, 6) is -4.33. The fourth-order valence-electron chi connectivity index (χ4n) is 6.84. The molecule has 2 aromatic carbocycles. The number of pyridine rings is 1. The van der Waals surface area contributed by atoms with Crippen molar-refractivity contribution in [3.63, 3.8) is 0 Å². The quantitative estimate of drug-likeness (QED) is 0.101. The number of nitrogens with two attached hydrogens (primary N) is 2. The normalized spacial score (nSPS) is 13.7. The predicted molar refractivity (Wildman–Crippen MR) is 223 cm³/mol. The molecular weight excluding hydrogens is 780 g/mol. The van der Waals surface area contributed by atoms with E-state index in [0.29, 0.717) is 29.6 Å². The van der Waals surface area contributed by atoms with Crippen LogP contribution >= 0.6 is 0 Å². The Hall–Kier alpha value is -6.33. The van der Waals surface area contributed by atoms with E-state index in [1.165, 1.54) is 22.1 Å². The highest BCUT2D eigenvalue weighted by Gasteiger charge is 2.30. The van der Waals surface area contributed by atoms with E-state index < -0.39 is 46.7 Å². The maximum absolute atomic E-state index is 15.3. The lowest BCUT2D eigenvalue weighted by Crippen LogP contribution is -2.49. The van der Waals surface area contributed by atoms with Crippen LogP contribution in [0.3, 0.4) is 0 Å². The number of fused-ring (bicyclic) bond motifs is 1. The number of aromatic nitrogens is 1. The molecule has 17 nitrogen and oxygen atoms in total. The molecule has 3 aromatic rings. The largest absolute Gasteiger partial charge is 0.477 e. The molecule has 0 bridgehead atoms. The summed E-state index contributed by atoms with van der Waals surface area (Å²) in [5, 5.41) is 12.1. The Morgan fingerprint density at radius 2 is 1.63 bits per heavy atom. The van der Waals surface area contributed by atoms with E-state index in [1.54, 1.807) is 54.8 Å². The highest BCUT2D eigenvalue weighted by atomic mass is 19.1. The van der Waals surface area contributed by atoms with Gasteiger partial charge in [0.2, 0.25) is 17.2 Å². The van der Waals surface area contributed by atoms with Gasteiger partial charge in [-0.1, -0.05) is 38.1 Å². The lowest BCUT2D eigenvalue weighted by Gasteiger charge is -2.35. The SMILES string of the molecule is CCn1cc(C(=O)O)c(=O)c2cc(F)c(N3CCN(C(=O)OCc4ccc(CC(=O)[C@H](CN=C(N)N)NC(=O)[C@@H](CC(=O)CCCC(=O)N(C)C)C(C)C)cc4)CC3)cc21. The minimum Gasteiger partial charge on any atom is -0.477 e. The van der Waals surface area contributed by atoms with Gasteiger partial charge in [-0.15, -0.1) is 0 Å². The topological polar surface area (TPSA) is 240 Å². The summed E-state index contributed by atoms with van der Waals surface area (Å²) in [7, 11) is 3.29. The molecule has 0 saturated carbocycles. The van der Waals surface area contributed by atoms with Crippen molar-refractivity contribution < 1.29 is 43.0 Å². The number of amides is 3. The summed E-state index contributed by atoms with van der Waals surface area (Å²) >= 11 is 0. The van der Waals surface area contributed by atoms with Gasteiger partial charge in [-0.25, -0.2) is 14.0 Å². The number of aryl methyl sites for hydroxylation is 1. The Labute approximate surface area is 347 Å². The zero-order valence-electron chi connectivity index (χ0n) is 34.7. The molecule has 4 rings (SSSR count). The zero-order valence-corrected chi connectivity index (χ0v) is 34.7. The Bertz CT molecular complexity index is 2160. The number of aliphatic imine (C=N–C) groups is 1. The Morgan fingerprint density at radius 3 is 2.22 bits per heavy atom. The van der Waals surface area contributed by atoms with Crippen LogP contribution in [0.15, 0.2) is 52.4 Å². The number of benzene rings is 2. The second-order valence-electron chi connectivity index (χ2n) is 15.3. The molecule has 0 radical (unpaired) electrons. The van der Waals surface area contributed by atoms with Crippen LogP contribution in [0.5, 0.6) is 0 Å². The van der Waals surface area contributed by atoms with E-state index in [4.69, 9.17) is 16.2 Å². The molecule has 1 fully saturated rings. The third-order valence-corrected chi connectivity index (χ3v) is 10.5. The van der Waals surface area contributed by atoms with Gasteiger partial charge in [0.25, 0.3) is 0 Å². The number of Topliss-reactive ketones (excluding diaryl/α,β-unsaturated/α-hetero) is 2. The van der Waals surface area contributed by atoms with Crippen molar-refractivity contribution >= 4 is 58.0 Å². The number of nitrogens with zero attached hydrogens (tertiary/aromatic N) is 5. The van der Waals surface area contributed by atoms with Crippen LogP contribution in [0.4, 0.5) is 14.9 Å². The maximum Gasteiger partial charge on any atom is 0.410 e. The summed E-state index contributed by atoms with van der Waals surface area (Å²) in [5.41, 5.74) is 11.8. The number of piperazine rings is 1. The van der Waals surface area contributed by atoms with Crippen LogP contribution in [0.25, 0.3) is 10.9 Å². The van der Waals surface area contributed by atoms with Gasteiger partial charge in [0.1, 0.15) is 29.8 Å². The third-order valence-electron chi connectivity index (χ3n) is 10.5. The minimum atomic E-state index is -1.39. The van der Waals surface area contributed by atoms with E-state index in [2.05, 4.69) is 10.3 Å². The Morgan fingerprint density at radius 1 is 0.983 bits per heavy atom. The summed E-state index contributed by atoms with van der Waals surface area (Å²) in [6, 6.07) is 8.35. The lowest BCUT2D eigenvalue weighted by atomic mass is 9.88. The molecule has 6 N–H and O–H groups in total. The lowest BCUT2D eigenvalue weighted by molar-refractivity contribution is -0.133. The zero-order chi connectivity index (χ0) is 44.3. The Balaban J connectivity index is 1.31. The number of ether oxygens (including phenoxy) is 1. The minimum absolute atomic E-state index is 0.0273. The molecule has 1 aliphatic rings. The van der Waals surface area contributed by atoms with Crippen LogP contribution in [-0.4, -0.2) is 114 Å². The third kappa shape index (κ3) is 12.3. The van der Waals surface area contributed by atoms with Crippen molar-refractivity contribution in [1.82, 2.24) is 19.7 Å². The fourth-order valence-corrected chi connectivity index (χ4v) is 6.84.